The lowest BCUT2D eigenvalue weighted by molar-refractivity contribution is -0.137. The number of H-pyrrole nitrogens is 1. The first-order chi connectivity index (χ1) is 17.5. The molecule has 0 saturated heterocycles. The molecule has 6 nitrogen and oxygen atoms in total. The van der Waals surface area contributed by atoms with Crippen LogP contribution < -0.4 is 15.6 Å². The van der Waals surface area contributed by atoms with Crippen molar-refractivity contribution >= 4 is 39.8 Å². The molecule has 0 saturated carbocycles. The van der Waals surface area contributed by atoms with Crippen molar-refractivity contribution < 1.29 is 22.3 Å². The highest BCUT2D eigenvalue weighted by Crippen LogP contribution is 2.47. The highest BCUT2D eigenvalue weighted by molar-refractivity contribution is 6.34. The molecule has 2 N–H and O–H groups in total. The minimum absolute atomic E-state index is 0.0336. The number of halogens is 6. The van der Waals surface area contributed by atoms with Crippen molar-refractivity contribution in [3.8, 4) is 22.9 Å². The van der Waals surface area contributed by atoms with Crippen LogP contribution in [0.5, 0.6) is 5.75 Å². The Kier molecular flexibility index (Phi) is 7.04. The molecule has 4 aromatic rings. The van der Waals surface area contributed by atoms with E-state index in [1.165, 1.54) is 20.1 Å². The van der Waals surface area contributed by atoms with Gasteiger partial charge in [-0.1, -0.05) is 23.7 Å². The van der Waals surface area contributed by atoms with Gasteiger partial charge in [-0.05, 0) is 53.9 Å². The number of alkyl halides is 3. The molecule has 0 spiro atoms. The molecule has 0 aliphatic heterocycles. The highest BCUT2D eigenvalue weighted by atomic mass is 35.5. The van der Waals surface area contributed by atoms with Crippen LogP contribution in [-0.4, -0.2) is 17.1 Å². The normalized spacial score (nSPS) is 11.4. The average molecular weight is 551 g/mol. The standard InChI is InChI=1S/C25H16Cl2F4N4O2/c1-11-7-17(33-10-12-3-5-13(37-2)6-4-12)15(9-32)18(20(11)25(29,30)31)19-16(26)8-14-22(21(19)28)34-24(27)35-23(14)36/h3-8,33H,10H2,1-2H3,(H,34,35,36). The number of benzene rings is 3. The van der Waals surface area contributed by atoms with E-state index in [0.29, 0.717) is 5.75 Å². The zero-order valence-electron chi connectivity index (χ0n) is 19.1. The van der Waals surface area contributed by atoms with Gasteiger partial charge in [-0.15, -0.1) is 0 Å². The maximum Gasteiger partial charge on any atom is 0.417 e. The molecule has 1 heterocycles. The third-order valence-electron chi connectivity index (χ3n) is 5.68. The summed E-state index contributed by atoms with van der Waals surface area (Å²) in [6.07, 6.45) is -4.97. The fourth-order valence-electron chi connectivity index (χ4n) is 4.04. The number of rotatable bonds is 5. The summed E-state index contributed by atoms with van der Waals surface area (Å²) in [6, 6.07) is 10.8. The van der Waals surface area contributed by atoms with Crippen molar-refractivity contribution in [1.29, 1.82) is 5.26 Å². The lowest BCUT2D eigenvalue weighted by Gasteiger charge is -2.22. The van der Waals surface area contributed by atoms with Crippen molar-refractivity contribution in [2.75, 3.05) is 12.4 Å². The molecule has 12 heteroatoms. The van der Waals surface area contributed by atoms with Crippen molar-refractivity contribution in [2.45, 2.75) is 19.6 Å². The first-order valence-corrected chi connectivity index (χ1v) is 11.3. The number of nitrogens with one attached hydrogen (secondary N) is 2. The molecule has 37 heavy (non-hydrogen) atoms. The summed E-state index contributed by atoms with van der Waals surface area (Å²) >= 11 is 12.0. The second-order valence-electron chi connectivity index (χ2n) is 7.98. The summed E-state index contributed by atoms with van der Waals surface area (Å²) in [5.74, 6) is -0.702. The third-order valence-corrected chi connectivity index (χ3v) is 6.15. The van der Waals surface area contributed by atoms with Crippen LogP contribution in [0.25, 0.3) is 22.0 Å². The molecular weight excluding hydrogens is 535 g/mol. The number of fused-ring (bicyclic) bond motifs is 1. The first-order valence-electron chi connectivity index (χ1n) is 10.6. The maximum atomic E-state index is 15.8. The predicted molar refractivity (Wildman–Crippen MR) is 133 cm³/mol. The molecule has 0 radical (unpaired) electrons. The van der Waals surface area contributed by atoms with Crippen molar-refractivity contribution in [1.82, 2.24) is 9.97 Å². The van der Waals surface area contributed by atoms with Gasteiger partial charge in [0.05, 0.1) is 34.3 Å². The zero-order chi connectivity index (χ0) is 27.1. The quantitative estimate of drug-likeness (QED) is 0.209. The molecule has 0 aliphatic carbocycles. The Morgan fingerprint density at radius 2 is 1.84 bits per heavy atom. The Balaban J connectivity index is 1.99. The second kappa shape index (κ2) is 9.92. The number of ether oxygens (including phenoxy) is 1. The maximum absolute atomic E-state index is 15.8. The zero-order valence-corrected chi connectivity index (χ0v) is 20.7. The third kappa shape index (κ3) is 4.92. The number of methoxy groups -OCH3 is 1. The fraction of sp³-hybridized carbons (Fsp3) is 0.160. The molecular formula is C25H16Cl2F4N4O2. The van der Waals surface area contributed by atoms with E-state index >= 15 is 4.39 Å². The summed E-state index contributed by atoms with van der Waals surface area (Å²) in [5.41, 5.74) is -4.12. The van der Waals surface area contributed by atoms with Crippen LogP contribution in [0.2, 0.25) is 10.3 Å². The van der Waals surface area contributed by atoms with Crippen LogP contribution in [0.15, 0.2) is 41.2 Å². The molecule has 0 aliphatic rings. The van der Waals surface area contributed by atoms with E-state index in [9.17, 15) is 23.2 Å². The van der Waals surface area contributed by atoms with Crippen LogP contribution in [0, 0.1) is 24.1 Å². The van der Waals surface area contributed by atoms with Crippen LogP contribution in [0.4, 0.5) is 23.2 Å². The number of nitrogens with zero attached hydrogens (tertiary/aromatic N) is 2. The van der Waals surface area contributed by atoms with E-state index in [1.807, 2.05) is 0 Å². The molecule has 0 atom stereocenters. The Morgan fingerprint density at radius 1 is 1.16 bits per heavy atom. The van der Waals surface area contributed by atoms with E-state index < -0.39 is 55.6 Å². The van der Waals surface area contributed by atoms with Crippen LogP contribution in [-0.2, 0) is 12.7 Å². The first kappa shape index (κ1) is 26.3. The number of nitriles is 1. The molecule has 0 amide bonds. The van der Waals surface area contributed by atoms with Crippen molar-refractivity contribution in [2.24, 2.45) is 0 Å². The highest BCUT2D eigenvalue weighted by Gasteiger charge is 2.39. The van der Waals surface area contributed by atoms with Crippen molar-refractivity contribution in [3.63, 3.8) is 0 Å². The SMILES string of the molecule is COc1ccc(CNc2cc(C)c(C(F)(F)F)c(-c3c(Cl)cc4c(=O)[nH]c(Cl)nc4c3F)c2C#N)cc1. The Bertz CT molecular complexity index is 1630. The lowest BCUT2D eigenvalue weighted by atomic mass is 9.89. The van der Waals surface area contributed by atoms with E-state index in [2.05, 4.69) is 15.3 Å². The van der Waals surface area contributed by atoms with E-state index in [-0.39, 0.29) is 23.2 Å². The van der Waals surface area contributed by atoms with Crippen LogP contribution in [0.1, 0.15) is 22.3 Å². The van der Waals surface area contributed by atoms with Gasteiger partial charge < -0.3 is 10.1 Å². The fourth-order valence-corrected chi connectivity index (χ4v) is 4.49. The largest absolute Gasteiger partial charge is 0.497 e. The topological polar surface area (TPSA) is 90.8 Å². The Labute approximate surface area is 217 Å². The number of hydrogen-bond acceptors (Lipinski definition) is 5. The van der Waals surface area contributed by atoms with E-state index in [4.69, 9.17) is 27.9 Å². The minimum Gasteiger partial charge on any atom is -0.497 e. The van der Waals surface area contributed by atoms with Gasteiger partial charge in [0.2, 0.25) is 5.28 Å². The summed E-state index contributed by atoms with van der Waals surface area (Å²) in [6.45, 7) is 1.34. The summed E-state index contributed by atoms with van der Waals surface area (Å²) in [5, 5.41) is 11.6. The minimum atomic E-state index is -4.97. The summed E-state index contributed by atoms with van der Waals surface area (Å²) in [7, 11) is 1.51. The van der Waals surface area contributed by atoms with Gasteiger partial charge in [-0.25, -0.2) is 9.37 Å². The molecule has 0 bridgehead atoms. The lowest BCUT2D eigenvalue weighted by Crippen LogP contribution is -2.15. The Hall–Kier alpha value is -3.81. The number of aryl methyl sites for hydroxylation is 1. The van der Waals surface area contributed by atoms with Gasteiger partial charge in [0.1, 0.15) is 17.3 Å². The summed E-state index contributed by atoms with van der Waals surface area (Å²) in [4.78, 5) is 18.1. The smallest absolute Gasteiger partial charge is 0.417 e. The number of aromatic amines is 1. The van der Waals surface area contributed by atoms with Gasteiger partial charge >= 0.3 is 6.18 Å². The van der Waals surface area contributed by atoms with Gasteiger partial charge in [0.25, 0.3) is 5.56 Å². The van der Waals surface area contributed by atoms with Gasteiger partial charge in [0.15, 0.2) is 5.82 Å². The average Bonchev–Trinajstić information content (AvgIpc) is 2.83. The van der Waals surface area contributed by atoms with Crippen molar-refractivity contribution in [3.05, 3.63) is 85.1 Å². The summed E-state index contributed by atoms with van der Waals surface area (Å²) < 4.78 is 63.7. The van der Waals surface area contributed by atoms with E-state index in [1.54, 1.807) is 30.3 Å². The van der Waals surface area contributed by atoms with Gasteiger partial charge in [-0.2, -0.15) is 18.4 Å². The number of hydrogen-bond donors (Lipinski definition) is 2. The van der Waals surface area contributed by atoms with E-state index in [0.717, 1.165) is 11.6 Å². The molecule has 0 fully saturated rings. The molecule has 4 rings (SSSR count). The van der Waals surface area contributed by atoms with Crippen LogP contribution in [0.3, 0.4) is 0 Å². The Morgan fingerprint density at radius 3 is 2.43 bits per heavy atom. The van der Waals surface area contributed by atoms with Gasteiger partial charge in [0, 0.05) is 17.7 Å². The van der Waals surface area contributed by atoms with Crippen LogP contribution >= 0.6 is 23.2 Å². The molecule has 0 unspecified atom stereocenters. The molecule has 190 valence electrons. The number of aromatic nitrogens is 2. The molecule has 1 aromatic heterocycles. The predicted octanol–water partition coefficient (Wildman–Crippen LogP) is 6.86. The second-order valence-corrected chi connectivity index (χ2v) is 8.74. The number of anilines is 1. The monoisotopic (exact) mass is 550 g/mol. The van der Waals surface area contributed by atoms with Gasteiger partial charge in [-0.3, -0.25) is 9.78 Å². The molecule has 3 aromatic carbocycles.